The molecule has 6 nitrogen and oxygen atoms in total. The van der Waals surface area contributed by atoms with Crippen molar-refractivity contribution in [2.24, 2.45) is 4.99 Å². The van der Waals surface area contributed by atoms with Crippen molar-refractivity contribution in [3.63, 3.8) is 0 Å². The summed E-state index contributed by atoms with van der Waals surface area (Å²) in [7, 11) is 0. The molecule has 152 valence electrons. The average molecular weight is 378 g/mol. The van der Waals surface area contributed by atoms with Crippen LogP contribution in [-0.2, 0) is 6.42 Å². The summed E-state index contributed by atoms with van der Waals surface area (Å²) >= 11 is 0. The van der Waals surface area contributed by atoms with Gasteiger partial charge in [-0.3, -0.25) is 4.99 Å². The fraction of sp³-hybridized carbons (Fsp3) is 0.667. The highest BCUT2D eigenvalue weighted by Gasteiger charge is 2.19. The average Bonchev–Trinajstić information content (AvgIpc) is 2.66. The quantitative estimate of drug-likeness (QED) is 0.456. The van der Waals surface area contributed by atoms with Crippen LogP contribution in [0, 0.1) is 0 Å². The van der Waals surface area contributed by atoms with Crippen molar-refractivity contribution >= 4 is 5.96 Å². The van der Waals surface area contributed by atoms with Gasteiger partial charge in [0.05, 0.1) is 19.3 Å². The number of hydrogen-bond donors (Lipinski definition) is 3. The van der Waals surface area contributed by atoms with Crippen LogP contribution in [0.4, 0.5) is 0 Å². The predicted molar refractivity (Wildman–Crippen MR) is 110 cm³/mol. The monoisotopic (exact) mass is 377 g/mol. The molecular formula is C21H35N3O3. The molecule has 0 bridgehead atoms. The van der Waals surface area contributed by atoms with Gasteiger partial charge >= 0.3 is 0 Å². The number of ether oxygens (including phenoxy) is 2. The third kappa shape index (κ3) is 7.29. The molecule has 1 fully saturated rings. The van der Waals surface area contributed by atoms with Crippen molar-refractivity contribution in [1.82, 2.24) is 10.6 Å². The van der Waals surface area contributed by atoms with Crippen LogP contribution in [0.25, 0.3) is 0 Å². The van der Waals surface area contributed by atoms with Crippen molar-refractivity contribution in [2.75, 3.05) is 26.3 Å². The van der Waals surface area contributed by atoms with E-state index in [9.17, 15) is 5.11 Å². The minimum atomic E-state index is -0.137. The first-order chi connectivity index (χ1) is 13.2. The van der Waals surface area contributed by atoms with E-state index in [1.54, 1.807) is 0 Å². The minimum Gasteiger partial charge on any atom is -0.490 e. The van der Waals surface area contributed by atoms with Gasteiger partial charge in [-0.15, -0.1) is 0 Å². The Hall–Kier alpha value is -1.95. The first-order valence-corrected chi connectivity index (χ1v) is 10.3. The highest BCUT2D eigenvalue weighted by Crippen LogP contribution is 2.28. The molecule has 1 aliphatic carbocycles. The van der Waals surface area contributed by atoms with E-state index in [-0.39, 0.29) is 6.10 Å². The van der Waals surface area contributed by atoms with Gasteiger partial charge in [0.25, 0.3) is 0 Å². The van der Waals surface area contributed by atoms with E-state index >= 15 is 0 Å². The second kappa shape index (κ2) is 11.7. The summed E-state index contributed by atoms with van der Waals surface area (Å²) in [5.74, 6) is 2.45. The van der Waals surface area contributed by atoms with Crippen molar-refractivity contribution in [2.45, 2.75) is 65.0 Å². The molecule has 0 aromatic heterocycles. The highest BCUT2D eigenvalue weighted by atomic mass is 16.5. The molecule has 1 aliphatic rings. The number of aliphatic hydroxyl groups excluding tert-OH is 1. The zero-order valence-electron chi connectivity index (χ0n) is 17.0. The molecule has 0 amide bonds. The van der Waals surface area contributed by atoms with Crippen molar-refractivity contribution in [3.05, 3.63) is 23.8 Å². The van der Waals surface area contributed by atoms with Gasteiger partial charge in [-0.05, 0) is 70.6 Å². The molecule has 2 rings (SSSR count). The van der Waals surface area contributed by atoms with E-state index in [4.69, 9.17) is 14.5 Å². The number of nitrogens with zero attached hydrogens (tertiary/aromatic N) is 1. The van der Waals surface area contributed by atoms with Crippen LogP contribution in [0.2, 0.25) is 0 Å². The maximum absolute atomic E-state index is 9.65. The first-order valence-electron chi connectivity index (χ1n) is 10.3. The van der Waals surface area contributed by atoms with Gasteiger partial charge in [0, 0.05) is 19.1 Å². The summed E-state index contributed by atoms with van der Waals surface area (Å²) in [5.41, 5.74) is 1.18. The lowest BCUT2D eigenvalue weighted by Crippen LogP contribution is -2.45. The van der Waals surface area contributed by atoms with Crippen LogP contribution in [0.3, 0.4) is 0 Å². The number of hydrogen-bond acceptors (Lipinski definition) is 4. The fourth-order valence-electron chi connectivity index (χ4n) is 3.28. The lowest BCUT2D eigenvalue weighted by Gasteiger charge is -2.27. The van der Waals surface area contributed by atoms with Crippen LogP contribution in [0.1, 0.15) is 52.0 Å². The van der Waals surface area contributed by atoms with E-state index in [2.05, 4.69) is 23.6 Å². The highest BCUT2D eigenvalue weighted by molar-refractivity contribution is 5.80. The minimum absolute atomic E-state index is 0.137. The molecule has 0 unspecified atom stereocenters. The normalized spacial score (nSPS) is 20.2. The Morgan fingerprint density at radius 1 is 1.07 bits per heavy atom. The Balaban J connectivity index is 1.92. The molecule has 3 N–H and O–H groups in total. The van der Waals surface area contributed by atoms with Crippen LogP contribution in [0.5, 0.6) is 11.5 Å². The van der Waals surface area contributed by atoms with Crippen LogP contribution < -0.4 is 20.1 Å². The number of nitrogens with one attached hydrogen (secondary N) is 2. The van der Waals surface area contributed by atoms with Crippen LogP contribution in [0.15, 0.2) is 23.2 Å². The largest absolute Gasteiger partial charge is 0.490 e. The van der Waals surface area contributed by atoms with Gasteiger partial charge in [-0.1, -0.05) is 6.07 Å². The summed E-state index contributed by atoms with van der Waals surface area (Å²) in [6.45, 7) is 8.80. The first kappa shape index (κ1) is 21.4. The molecule has 0 saturated heterocycles. The number of benzene rings is 1. The zero-order chi connectivity index (χ0) is 19.5. The Bertz CT molecular complexity index is 584. The second-order valence-corrected chi connectivity index (χ2v) is 6.81. The summed E-state index contributed by atoms with van der Waals surface area (Å²) in [5, 5.41) is 16.5. The van der Waals surface area contributed by atoms with Crippen molar-refractivity contribution in [3.8, 4) is 11.5 Å². The van der Waals surface area contributed by atoms with Crippen molar-refractivity contribution < 1.29 is 14.6 Å². The fourth-order valence-corrected chi connectivity index (χ4v) is 3.28. The third-order valence-electron chi connectivity index (χ3n) is 4.66. The molecule has 1 aromatic carbocycles. The van der Waals surface area contributed by atoms with Gasteiger partial charge in [-0.25, -0.2) is 0 Å². The van der Waals surface area contributed by atoms with Crippen LogP contribution in [-0.4, -0.2) is 49.5 Å². The molecule has 1 aromatic rings. The van der Waals surface area contributed by atoms with E-state index in [0.717, 1.165) is 56.1 Å². The smallest absolute Gasteiger partial charge is 0.191 e. The lowest BCUT2D eigenvalue weighted by molar-refractivity contribution is 0.120. The van der Waals surface area contributed by atoms with Crippen molar-refractivity contribution in [1.29, 1.82) is 0 Å². The third-order valence-corrected chi connectivity index (χ3v) is 4.66. The summed E-state index contributed by atoms with van der Waals surface area (Å²) in [6.07, 6.45) is 4.41. The number of guanidine groups is 1. The van der Waals surface area contributed by atoms with Gasteiger partial charge in [0.2, 0.25) is 0 Å². The maximum Gasteiger partial charge on any atom is 0.191 e. The Morgan fingerprint density at radius 2 is 1.78 bits per heavy atom. The molecule has 0 atom stereocenters. The van der Waals surface area contributed by atoms with Gasteiger partial charge < -0.3 is 25.2 Å². The second-order valence-electron chi connectivity index (χ2n) is 6.81. The Labute approximate surface area is 163 Å². The summed E-state index contributed by atoms with van der Waals surface area (Å²) in [6, 6.07) is 6.49. The molecule has 27 heavy (non-hydrogen) atoms. The SMILES string of the molecule is CCNC(=NCCc1ccc(OCC)c(OCC)c1)NC1CCC(O)CC1. The molecule has 0 aliphatic heterocycles. The predicted octanol–water partition coefficient (Wildman–Crippen LogP) is 2.89. The van der Waals surface area contributed by atoms with Gasteiger partial charge in [0.1, 0.15) is 0 Å². The number of rotatable bonds is 9. The molecule has 1 saturated carbocycles. The summed E-state index contributed by atoms with van der Waals surface area (Å²) in [4.78, 5) is 4.72. The Morgan fingerprint density at radius 3 is 2.44 bits per heavy atom. The van der Waals surface area contributed by atoms with Gasteiger partial charge in [-0.2, -0.15) is 0 Å². The number of aliphatic imine (C=N–C) groups is 1. The zero-order valence-corrected chi connectivity index (χ0v) is 17.0. The standard InChI is InChI=1S/C21H35N3O3/c1-4-22-21(24-17-8-10-18(25)11-9-17)23-14-13-16-7-12-19(26-5-2)20(15-16)27-6-3/h7,12,15,17-18,25H,4-6,8-11,13-14H2,1-3H3,(H2,22,23,24). The van der Waals surface area contributed by atoms with Crippen LogP contribution >= 0.6 is 0 Å². The lowest BCUT2D eigenvalue weighted by atomic mass is 9.93. The van der Waals surface area contributed by atoms with E-state index in [1.165, 1.54) is 5.56 Å². The van der Waals surface area contributed by atoms with E-state index in [1.807, 2.05) is 26.0 Å². The topological polar surface area (TPSA) is 75.1 Å². The molecule has 6 heteroatoms. The number of aliphatic hydroxyl groups is 1. The Kier molecular flexibility index (Phi) is 9.25. The molecule has 0 spiro atoms. The van der Waals surface area contributed by atoms with E-state index in [0.29, 0.717) is 25.8 Å². The maximum atomic E-state index is 9.65. The summed E-state index contributed by atoms with van der Waals surface area (Å²) < 4.78 is 11.3. The molecule has 0 radical (unpaired) electrons. The molecular weight excluding hydrogens is 342 g/mol. The van der Waals surface area contributed by atoms with E-state index < -0.39 is 0 Å². The molecule has 0 heterocycles. The van der Waals surface area contributed by atoms with Gasteiger partial charge in [0.15, 0.2) is 17.5 Å².